The first-order chi connectivity index (χ1) is 12.6. The molecule has 0 saturated heterocycles. The van der Waals surface area contributed by atoms with Gasteiger partial charge < -0.3 is 10.1 Å². The molecule has 1 heterocycles. The molecular formula is C20H19ClN2O2S. The molecule has 1 N–H and O–H groups in total. The summed E-state index contributed by atoms with van der Waals surface area (Å²) >= 11 is 7.43. The van der Waals surface area contributed by atoms with Gasteiger partial charge in [-0.1, -0.05) is 41.4 Å². The highest BCUT2D eigenvalue weighted by Crippen LogP contribution is 2.24. The van der Waals surface area contributed by atoms with Gasteiger partial charge in [0.1, 0.15) is 10.8 Å². The molecule has 0 bridgehead atoms. The number of hydrogen-bond acceptors (Lipinski definition) is 4. The van der Waals surface area contributed by atoms with Crippen molar-refractivity contribution in [1.82, 2.24) is 10.3 Å². The van der Waals surface area contributed by atoms with Gasteiger partial charge in [-0.25, -0.2) is 4.98 Å². The fourth-order valence-electron chi connectivity index (χ4n) is 2.31. The maximum atomic E-state index is 11.9. The lowest BCUT2D eigenvalue weighted by atomic mass is 10.2. The van der Waals surface area contributed by atoms with E-state index in [1.807, 2.05) is 5.38 Å². The standard InChI is InChI=1S/C20H19ClN2O2S/c1-14-2-4-15(5-3-14)20-23-17(13-26-20)10-11-22-19(24)12-25-18-8-6-16(21)7-9-18/h2-9,13H,10-12H2,1H3,(H,22,24). The molecule has 0 radical (unpaired) electrons. The van der Waals surface area contributed by atoms with E-state index in [1.165, 1.54) is 5.56 Å². The molecule has 4 nitrogen and oxygen atoms in total. The molecular weight excluding hydrogens is 368 g/mol. The number of nitrogens with one attached hydrogen (secondary N) is 1. The second-order valence-corrected chi connectivity index (χ2v) is 7.15. The third-order valence-electron chi connectivity index (χ3n) is 3.74. The Morgan fingerprint density at radius 2 is 1.88 bits per heavy atom. The number of ether oxygens (including phenoxy) is 1. The van der Waals surface area contributed by atoms with Crippen LogP contribution in [0, 0.1) is 6.92 Å². The highest BCUT2D eigenvalue weighted by atomic mass is 35.5. The van der Waals surface area contributed by atoms with Crippen molar-refractivity contribution in [2.45, 2.75) is 13.3 Å². The van der Waals surface area contributed by atoms with Gasteiger partial charge in [0.15, 0.2) is 6.61 Å². The molecule has 0 unspecified atom stereocenters. The number of hydrogen-bond donors (Lipinski definition) is 1. The average Bonchev–Trinajstić information content (AvgIpc) is 3.11. The molecule has 3 aromatic rings. The minimum absolute atomic E-state index is 0.0205. The van der Waals surface area contributed by atoms with Crippen LogP contribution in [0.15, 0.2) is 53.9 Å². The van der Waals surface area contributed by atoms with Crippen LogP contribution in [-0.4, -0.2) is 24.0 Å². The van der Waals surface area contributed by atoms with E-state index >= 15 is 0 Å². The predicted octanol–water partition coefficient (Wildman–Crippen LogP) is 4.51. The Balaban J connectivity index is 1.42. The highest BCUT2D eigenvalue weighted by molar-refractivity contribution is 7.13. The van der Waals surface area contributed by atoms with Crippen molar-refractivity contribution >= 4 is 28.8 Å². The predicted molar refractivity (Wildman–Crippen MR) is 106 cm³/mol. The zero-order chi connectivity index (χ0) is 18.4. The van der Waals surface area contributed by atoms with Gasteiger partial charge in [-0.2, -0.15) is 0 Å². The van der Waals surface area contributed by atoms with Crippen LogP contribution in [0.2, 0.25) is 5.02 Å². The Bertz CT molecular complexity index is 860. The lowest BCUT2D eigenvalue weighted by Crippen LogP contribution is -2.30. The van der Waals surface area contributed by atoms with E-state index in [2.05, 4.69) is 41.5 Å². The largest absolute Gasteiger partial charge is 0.484 e. The molecule has 3 rings (SSSR count). The molecule has 6 heteroatoms. The van der Waals surface area contributed by atoms with Gasteiger partial charge in [-0.15, -0.1) is 11.3 Å². The van der Waals surface area contributed by atoms with E-state index < -0.39 is 0 Å². The zero-order valence-electron chi connectivity index (χ0n) is 14.4. The van der Waals surface area contributed by atoms with Crippen molar-refractivity contribution in [3.8, 4) is 16.3 Å². The third kappa shape index (κ3) is 5.31. The second-order valence-electron chi connectivity index (χ2n) is 5.85. The summed E-state index contributed by atoms with van der Waals surface area (Å²) in [6, 6.07) is 15.2. The lowest BCUT2D eigenvalue weighted by molar-refractivity contribution is -0.123. The molecule has 0 aliphatic carbocycles. The first kappa shape index (κ1) is 18.4. The topological polar surface area (TPSA) is 51.2 Å². The summed E-state index contributed by atoms with van der Waals surface area (Å²) in [6.45, 7) is 2.57. The average molecular weight is 387 g/mol. The van der Waals surface area contributed by atoms with E-state index in [1.54, 1.807) is 35.6 Å². The number of carbonyl (C=O) groups excluding carboxylic acids is 1. The summed E-state index contributed by atoms with van der Waals surface area (Å²) in [4.78, 5) is 16.5. The molecule has 0 aliphatic rings. The highest BCUT2D eigenvalue weighted by Gasteiger charge is 2.06. The minimum atomic E-state index is -0.158. The minimum Gasteiger partial charge on any atom is -0.484 e. The van der Waals surface area contributed by atoms with Gasteiger partial charge >= 0.3 is 0 Å². The van der Waals surface area contributed by atoms with Gasteiger partial charge in [0.25, 0.3) is 5.91 Å². The monoisotopic (exact) mass is 386 g/mol. The van der Waals surface area contributed by atoms with Crippen LogP contribution in [0.3, 0.4) is 0 Å². The fourth-order valence-corrected chi connectivity index (χ4v) is 3.30. The van der Waals surface area contributed by atoms with E-state index in [4.69, 9.17) is 16.3 Å². The molecule has 1 amide bonds. The number of rotatable bonds is 7. The first-order valence-corrected chi connectivity index (χ1v) is 9.52. The summed E-state index contributed by atoms with van der Waals surface area (Å²) in [5.41, 5.74) is 3.32. The number of amides is 1. The van der Waals surface area contributed by atoms with Crippen LogP contribution in [-0.2, 0) is 11.2 Å². The molecule has 26 heavy (non-hydrogen) atoms. The van der Waals surface area contributed by atoms with E-state index in [-0.39, 0.29) is 12.5 Å². The van der Waals surface area contributed by atoms with Crippen LogP contribution in [0.25, 0.3) is 10.6 Å². The number of carbonyl (C=O) groups is 1. The molecule has 0 atom stereocenters. The summed E-state index contributed by atoms with van der Waals surface area (Å²) in [6.07, 6.45) is 0.690. The molecule has 2 aromatic carbocycles. The van der Waals surface area contributed by atoms with Gasteiger partial charge in [0.2, 0.25) is 0 Å². The summed E-state index contributed by atoms with van der Waals surface area (Å²) < 4.78 is 5.41. The Kier molecular flexibility index (Phi) is 6.26. The molecule has 0 spiro atoms. The SMILES string of the molecule is Cc1ccc(-c2nc(CCNC(=O)COc3ccc(Cl)cc3)cs2)cc1. The van der Waals surface area contributed by atoms with Gasteiger partial charge in [0.05, 0.1) is 5.69 Å². The molecule has 0 fully saturated rings. The molecule has 0 saturated carbocycles. The van der Waals surface area contributed by atoms with E-state index in [0.717, 1.165) is 16.3 Å². The normalized spacial score (nSPS) is 10.5. The second kappa shape index (κ2) is 8.83. The van der Waals surface area contributed by atoms with Crippen molar-refractivity contribution < 1.29 is 9.53 Å². The zero-order valence-corrected chi connectivity index (χ0v) is 15.9. The summed E-state index contributed by atoms with van der Waals surface area (Å²) in [7, 11) is 0. The van der Waals surface area contributed by atoms with Crippen molar-refractivity contribution in [1.29, 1.82) is 0 Å². The van der Waals surface area contributed by atoms with Gasteiger partial charge in [-0.3, -0.25) is 4.79 Å². The number of aromatic nitrogens is 1. The molecule has 1 aromatic heterocycles. The third-order valence-corrected chi connectivity index (χ3v) is 4.93. The summed E-state index contributed by atoms with van der Waals surface area (Å²) in [5, 5.41) is 6.51. The first-order valence-electron chi connectivity index (χ1n) is 8.27. The van der Waals surface area contributed by atoms with Crippen LogP contribution in [0.1, 0.15) is 11.3 Å². The quantitative estimate of drug-likeness (QED) is 0.650. The molecule has 0 aliphatic heterocycles. The smallest absolute Gasteiger partial charge is 0.257 e. The van der Waals surface area contributed by atoms with Crippen LogP contribution < -0.4 is 10.1 Å². The fraction of sp³-hybridized carbons (Fsp3) is 0.200. The van der Waals surface area contributed by atoms with Crippen molar-refractivity contribution in [2.75, 3.05) is 13.2 Å². The lowest BCUT2D eigenvalue weighted by Gasteiger charge is -2.07. The van der Waals surface area contributed by atoms with Crippen molar-refractivity contribution in [3.05, 3.63) is 70.2 Å². The maximum Gasteiger partial charge on any atom is 0.257 e. The van der Waals surface area contributed by atoms with Crippen molar-refractivity contribution in [2.24, 2.45) is 0 Å². The Hall–Kier alpha value is -2.37. The van der Waals surface area contributed by atoms with Crippen LogP contribution in [0.4, 0.5) is 0 Å². The van der Waals surface area contributed by atoms with Crippen molar-refractivity contribution in [3.63, 3.8) is 0 Å². The Labute approximate surface area is 161 Å². The van der Waals surface area contributed by atoms with Gasteiger partial charge in [0, 0.05) is 28.9 Å². The Morgan fingerprint density at radius 3 is 2.62 bits per heavy atom. The summed E-state index contributed by atoms with van der Waals surface area (Å²) in [5.74, 6) is 0.459. The van der Waals surface area contributed by atoms with Crippen LogP contribution in [0.5, 0.6) is 5.75 Å². The van der Waals surface area contributed by atoms with Gasteiger partial charge in [-0.05, 0) is 31.2 Å². The number of aryl methyl sites for hydroxylation is 1. The number of thiazole rings is 1. The Morgan fingerprint density at radius 1 is 1.15 bits per heavy atom. The van der Waals surface area contributed by atoms with E-state index in [9.17, 15) is 4.79 Å². The number of halogens is 1. The number of nitrogens with zero attached hydrogens (tertiary/aromatic N) is 1. The maximum absolute atomic E-state index is 11.9. The van der Waals surface area contributed by atoms with Crippen LogP contribution >= 0.6 is 22.9 Å². The molecule has 134 valence electrons. The van der Waals surface area contributed by atoms with E-state index in [0.29, 0.717) is 23.7 Å². The number of benzene rings is 2.